The number of fused-ring (bicyclic) bond motifs is 1. The number of nitrogens with zero attached hydrogens (tertiary/aromatic N) is 1. The zero-order chi connectivity index (χ0) is 13.8. The van der Waals surface area contributed by atoms with Crippen LogP contribution in [0.2, 0.25) is 0 Å². The molecule has 1 aliphatic heterocycles. The van der Waals surface area contributed by atoms with Gasteiger partial charge in [-0.2, -0.15) is 0 Å². The topological polar surface area (TPSA) is 57.6 Å². The zero-order valence-electron chi connectivity index (χ0n) is 10.9. The fraction of sp³-hybridized carbons (Fsp3) is 0.333. The van der Waals surface area contributed by atoms with Crippen molar-refractivity contribution < 1.29 is 14.7 Å². The average Bonchev–Trinajstić information content (AvgIpc) is 2.42. The number of carboxylic acids is 1. The molecule has 0 fully saturated rings. The second kappa shape index (κ2) is 5.69. The van der Waals surface area contributed by atoms with Crippen molar-refractivity contribution in [3.05, 3.63) is 41.5 Å². The number of hydrogen-bond donors (Lipinski definition) is 1. The molecule has 1 aromatic carbocycles. The van der Waals surface area contributed by atoms with Crippen LogP contribution in [0.5, 0.6) is 0 Å². The second-order valence-electron chi connectivity index (χ2n) is 4.52. The molecule has 4 nitrogen and oxygen atoms in total. The van der Waals surface area contributed by atoms with E-state index in [9.17, 15) is 9.59 Å². The molecule has 2 rings (SSSR count). The van der Waals surface area contributed by atoms with Crippen LogP contribution in [0.15, 0.2) is 35.9 Å². The van der Waals surface area contributed by atoms with E-state index in [2.05, 4.69) is 4.90 Å². The maximum atomic E-state index is 11.8. The van der Waals surface area contributed by atoms with Crippen molar-refractivity contribution >= 4 is 17.4 Å². The molecule has 0 saturated heterocycles. The van der Waals surface area contributed by atoms with E-state index in [4.69, 9.17) is 5.11 Å². The number of carbonyl (C=O) groups excluding carboxylic acids is 1. The van der Waals surface area contributed by atoms with Gasteiger partial charge in [0.05, 0.1) is 0 Å². The Morgan fingerprint density at radius 1 is 1.42 bits per heavy atom. The van der Waals surface area contributed by atoms with E-state index in [-0.39, 0.29) is 5.78 Å². The highest BCUT2D eigenvalue weighted by Crippen LogP contribution is 2.26. The average molecular weight is 259 g/mol. The quantitative estimate of drug-likeness (QED) is 0.844. The van der Waals surface area contributed by atoms with Gasteiger partial charge in [-0.25, -0.2) is 4.79 Å². The molecule has 4 heteroatoms. The lowest BCUT2D eigenvalue weighted by atomic mass is 10.0. The third-order valence-electron chi connectivity index (χ3n) is 3.37. The minimum atomic E-state index is -0.871. The first kappa shape index (κ1) is 13.3. The van der Waals surface area contributed by atoms with Gasteiger partial charge in [0, 0.05) is 36.3 Å². The number of hydrogen-bond acceptors (Lipinski definition) is 3. The molecule has 1 heterocycles. The Balaban J connectivity index is 2.21. The van der Waals surface area contributed by atoms with Crippen molar-refractivity contribution in [3.63, 3.8) is 0 Å². The highest BCUT2D eigenvalue weighted by Gasteiger charge is 2.21. The van der Waals surface area contributed by atoms with Gasteiger partial charge < -0.3 is 10.0 Å². The van der Waals surface area contributed by atoms with E-state index < -0.39 is 5.97 Å². The molecule has 1 aliphatic rings. The van der Waals surface area contributed by atoms with Crippen LogP contribution in [0.25, 0.3) is 0 Å². The Bertz CT molecular complexity index is 534. The Hall–Kier alpha value is -2.10. The molecule has 19 heavy (non-hydrogen) atoms. The zero-order valence-corrected chi connectivity index (χ0v) is 10.9. The highest BCUT2D eigenvalue weighted by atomic mass is 16.4. The van der Waals surface area contributed by atoms with Crippen molar-refractivity contribution in [1.29, 1.82) is 0 Å². The van der Waals surface area contributed by atoms with E-state index in [1.807, 2.05) is 31.2 Å². The highest BCUT2D eigenvalue weighted by molar-refractivity contribution is 6.03. The van der Waals surface area contributed by atoms with Crippen LogP contribution in [-0.4, -0.2) is 29.9 Å². The molecular weight excluding hydrogens is 242 g/mol. The minimum absolute atomic E-state index is 0.157. The molecule has 100 valence electrons. The molecule has 0 aliphatic carbocycles. The molecule has 0 saturated carbocycles. The van der Waals surface area contributed by atoms with Gasteiger partial charge in [-0.15, -0.1) is 0 Å². The van der Waals surface area contributed by atoms with Gasteiger partial charge in [0.25, 0.3) is 0 Å². The van der Waals surface area contributed by atoms with Gasteiger partial charge in [0.1, 0.15) is 0 Å². The van der Waals surface area contributed by atoms with Crippen molar-refractivity contribution in [2.45, 2.75) is 19.8 Å². The van der Waals surface area contributed by atoms with Crippen LogP contribution < -0.4 is 4.90 Å². The summed E-state index contributed by atoms with van der Waals surface area (Å²) in [5, 5.41) is 9.00. The van der Waals surface area contributed by atoms with E-state index in [1.54, 1.807) is 6.08 Å². The SMILES string of the molecule is CCC(=CCN1CCC(=O)c2ccccc21)C(=O)O. The monoisotopic (exact) mass is 259 g/mol. The van der Waals surface area contributed by atoms with Gasteiger partial charge in [-0.3, -0.25) is 4.79 Å². The van der Waals surface area contributed by atoms with E-state index >= 15 is 0 Å². The Labute approximate surface area is 112 Å². The third-order valence-corrected chi connectivity index (χ3v) is 3.37. The van der Waals surface area contributed by atoms with Crippen LogP contribution in [0.4, 0.5) is 5.69 Å². The minimum Gasteiger partial charge on any atom is -0.478 e. The Kier molecular flexibility index (Phi) is 4.00. The molecular formula is C15H17NO3. The summed E-state index contributed by atoms with van der Waals surface area (Å²) in [7, 11) is 0. The Morgan fingerprint density at radius 3 is 2.84 bits per heavy atom. The number of anilines is 1. The van der Waals surface area contributed by atoms with E-state index in [0.29, 0.717) is 31.5 Å². The molecule has 0 atom stereocenters. The standard InChI is InChI=1S/C15H17NO3/c1-2-11(15(18)19)7-9-16-10-8-14(17)12-5-3-4-6-13(12)16/h3-7H,2,8-10H2,1H3,(H,18,19). The number of Topliss-reactive ketones (excluding diaryl/α,β-unsaturated/α-hetero) is 1. The summed E-state index contributed by atoms with van der Waals surface area (Å²) < 4.78 is 0. The first-order valence-corrected chi connectivity index (χ1v) is 6.43. The van der Waals surface area contributed by atoms with Crippen LogP contribution in [-0.2, 0) is 4.79 Å². The van der Waals surface area contributed by atoms with E-state index in [0.717, 1.165) is 11.3 Å². The smallest absolute Gasteiger partial charge is 0.331 e. The number of carboxylic acid groups (broad SMARTS) is 1. The van der Waals surface area contributed by atoms with E-state index in [1.165, 1.54) is 0 Å². The molecule has 0 radical (unpaired) electrons. The fourth-order valence-corrected chi connectivity index (χ4v) is 2.27. The first-order chi connectivity index (χ1) is 9.13. The van der Waals surface area contributed by atoms with Crippen molar-refractivity contribution in [2.24, 2.45) is 0 Å². The number of para-hydroxylation sites is 1. The van der Waals surface area contributed by atoms with Gasteiger partial charge in [0.15, 0.2) is 5.78 Å². The summed E-state index contributed by atoms with van der Waals surface area (Å²) in [5.41, 5.74) is 2.04. The molecule has 1 N–H and O–H groups in total. The second-order valence-corrected chi connectivity index (χ2v) is 4.52. The lowest BCUT2D eigenvalue weighted by molar-refractivity contribution is -0.132. The summed E-state index contributed by atoms with van der Waals surface area (Å²) >= 11 is 0. The predicted molar refractivity (Wildman–Crippen MR) is 73.6 cm³/mol. The summed E-state index contributed by atoms with van der Waals surface area (Å²) in [6, 6.07) is 7.48. The number of aliphatic carboxylic acids is 1. The molecule has 0 amide bonds. The molecule has 1 aromatic rings. The lowest BCUT2D eigenvalue weighted by Crippen LogP contribution is -2.32. The van der Waals surface area contributed by atoms with Crippen LogP contribution >= 0.6 is 0 Å². The van der Waals surface area contributed by atoms with Crippen molar-refractivity contribution in [2.75, 3.05) is 18.0 Å². The number of rotatable bonds is 4. The number of benzene rings is 1. The van der Waals surface area contributed by atoms with Crippen LogP contribution in [0, 0.1) is 0 Å². The fourth-order valence-electron chi connectivity index (χ4n) is 2.27. The van der Waals surface area contributed by atoms with Gasteiger partial charge in [0.2, 0.25) is 0 Å². The summed E-state index contributed by atoms with van der Waals surface area (Å²) in [5.74, 6) is -0.714. The normalized spacial score (nSPS) is 15.3. The van der Waals surface area contributed by atoms with Crippen molar-refractivity contribution in [1.82, 2.24) is 0 Å². The summed E-state index contributed by atoms with van der Waals surface area (Å²) in [4.78, 5) is 24.8. The predicted octanol–water partition coefficient (Wildman–Crippen LogP) is 2.50. The number of carbonyl (C=O) groups is 2. The van der Waals surface area contributed by atoms with Gasteiger partial charge in [-0.05, 0) is 18.6 Å². The molecule has 0 spiro atoms. The lowest BCUT2D eigenvalue weighted by Gasteiger charge is -2.29. The number of ketones is 1. The maximum absolute atomic E-state index is 11.8. The van der Waals surface area contributed by atoms with Crippen LogP contribution in [0.1, 0.15) is 30.1 Å². The summed E-state index contributed by atoms with van der Waals surface area (Å²) in [6.45, 7) is 3.00. The maximum Gasteiger partial charge on any atom is 0.331 e. The third kappa shape index (κ3) is 2.84. The first-order valence-electron chi connectivity index (χ1n) is 6.43. The Morgan fingerprint density at radius 2 is 2.16 bits per heavy atom. The molecule has 0 aromatic heterocycles. The van der Waals surface area contributed by atoms with Gasteiger partial charge in [-0.1, -0.05) is 25.1 Å². The van der Waals surface area contributed by atoms with Crippen molar-refractivity contribution in [3.8, 4) is 0 Å². The molecule has 0 unspecified atom stereocenters. The van der Waals surface area contributed by atoms with Crippen LogP contribution in [0.3, 0.4) is 0 Å². The molecule has 0 bridgehead atoms. The largest absolute Gasteiger partial charge is 0.478 e. The van der Waals surface area contributed by atoms with Gasteiger partial charge >= 0.3 is 5.97 Å². The summed E-state index contributed by atoms with van der Waals surface area (Å²) in [6.07, 6.45) is 2.72.